The van der Waals surface area contributed by atoms with Crippen LogP contribution in [0.3, 0.4) is 0 Å². The van der Waals surface area contributed by atoms with Gasteiger partial charge >= 0.3 is 5.97 Å². The number of carbonyl (C=O) groups is 1. The van der Waals surface area contributed by atoms with Crippen LogP contribution in [0.1, 0.15) is 11.1 Å². The van der Waals surface area contributed by atoms with Gasteiger partial charge < -0.3 is 15.3 Å². The Labute approximate surface area is 149 Å². The number of nitrogens with zero attached hydrogens (tertiary/aromatic N) is 1. The molecule has 0 fully saturated rings. The van der Waals surface area contributed by atoms with E-state index in [0.29, 0.717) is 17.4 Å². The molecule has 1 unspecified atom stereocenters. The van der Waals surface area contributed by atoms with E-state index < -0.39 is 12.0 Å². The molecule has 6 heteroatoms. The Morgan fingerprint density at radius 3 is 2.68 bits per heavy atom. The number of thioether (sulfide) groups is 1. The molecule has 25 heavy (non-hydrogen) atoms. The summed E-state index contributed by atoms with van der Waals surface area (Å²) in [6.45, 7) is 0. The van der Waals surface area contributed by atoms with Crippen molar-refractivity contribution in [2.45, 2.75) is 23.4 Å². The summed E-state index contributed by atoms with van der Waals surface area (Å²) < 4.78 is 5.77. The molecule has 2 aromatic carbocycles. The fourth-order valence-electron chi connectivity index (χ4n) is 2.39. The minimum atomic E-state index is -0.993. The van der Waals surface area contributed by atoms with Crippen LogP contribution in [0.5, 0.6) is 0 Å². The molecule has 0 aliphatic rings. The number of aliphatic carboxylic acids is 1. The van der Waals surface area contributed by atoms with Crippen molar-refractivity contribution in [1.29, 1.82) is 0 Å². The van der Waals surface area contributed by atoms with Crippen molar-refractivity contribution in [2.75, 3.05) is 0 Å². The summed E-state index contributed by atoms with van der Waals surface area (Å²) in [6, 6.07) is 16.7. The largest absolute Gasteiger partial charge is 0.480 e. The molecule has 3 N–H and O–H groups in total. The van der Waals surface area contributed by atoms with Crippen LogP contribution < -0.4 is 5.73 Å². The Morgan fingerprint density at radius 1 is 1.16 bits per heavy atom. The van der Waals surface area contributed by atoms with Gasteiger partial charge in [-0.2, -0.15) is 0 Å². The number of carboxylic acids is 1. The highest BCUT2D eigenvalue weighted by molar-refractivity contribution is 7.98. The van der Waals surface area contributed by atoms with Crippen LogP contribution >= 0.6 is 11.8 Å². The number of oxazole rings is 1. The van der Waals surface area contributed by atoms with E-state index in [9.17, 15) is 4.79 Å². The average Bonchev–Trinajstić information content (AvgIpc) is 3.10. The Morgan fingerprint density at radius 2 is 1.92 bits per heavy atom. The van der Waals surface area contributed by atoms with Gasteiger partial charge in [-0.05, 0) is 17.5 Å². The highest BCUT2D eigenvalue weighted by Gasteiger charge is 2.12. The van der Waals surface area contributed by atoms with Gasteiger partial charge in [-0.25, -0.2) is 4.98 Å². The molecule has 0 bridgehead atoms. The number of rotatable bonds is 7. The molecule has 0 saturated carbocycles. The van der Waals surface area contributed by atoms with Gasteiger partial charge in [0.15, 0.2) is 5.76 Å². The van der Waals surface area contributed by atoms with E-state index in [2.05, 4.69) is 4.98 Å². The van der Waals surface area contributed by atoms with Gasteiger partial charge in [0.25, 0.3) is 5.22 Å². The molecule has 5 nitrogen and oxygen atoms in total. The van der Waals surface area contributed by atoms with Crippen molar-refractivity contribution in [3.63, 3.8) is 0 Å². The fraction of sp³-hybridized carbons (Fsp3) is 0.158. The van der Waals surface area contributed by atoms with Gasteiger partial charge in [0.2, 0.25) is 0 Å². The molecule has 0 aliphatic heterocycles. The zero-order valence-corrected chi connectivity index (χ0v) is 14.3. The average molecular weight is 354 g/mol. The lowest BCUT2D eigenvalue weighted by Crippen LogP contribution is -2.32. The van der Waals surface area contributed by atoms with E-state index in [1.54, 1.807) is 6.20 Å². The Hall–Kier alpha value is -2.57. The summed E-state index contributed by atoms with van der Waals surface area (Å²) in [5.41, 5.74) is 8.56. The maximum Gasteiger partial charge on any atom is 0.320 e. The third kappa shape index (κ3) is 4.71. The van der Waals surface area contributed by atoms with E-state index in [4.69, 9.17) is 15.3 Å². The molecule has 1 aromatic heterocycles. The zero-order chi connectivity index (χ0) is 17.6. The fourth-order valence-corrected chi connectivity index (χ4v) is 3.14. The monoisotopic (exact) mass is 354 g/mol. The van der Waals surface area contributed by atoms with Crippen molar-refractivity contribution in [1.82, 2.24) is 4.98 Å². The molecule has 1 heterocycles. The molecule has 0 spiro atoms. The van der Waals surface area contributed by atoms with Gasteiger partial charge in [0.05, 0.1) is 6.20 Å². The highest BCUT2D eigenvalue weighted by Crippen LogP contribution is 2.27. The van der Waals surface area contributed by atoms with Gasteiger partial charge in [0.1, 0.15) is 6.04 Å². The molecule has 0 amide bonds. The van der Waals surface area contributed by atoms with Crippen molar-refractivity contribution in [3.8, 4) is 11.3 Å². The smallest absolute Gasteiger partial charge is 0.320 e. The lowest BCUT2D eigenvalue weighted by Gasteiger charge is -2.07. The Kier molecular flexibility index (Phi) is 5.53. The normalized spacial score (nSPS) is 12.0. The van der Waals surface area contributed by atoms with E-state index >= 15 is 0 Å². The topological polar surface area (TPSA) is 89.4 Å². The van der Waals surface area contributed by atoms with Gasteiger partial charge in [-0.15, -0.1) is 0 Å². The summed E-state index contributed by atoms with van der Waals surface area (Å²) in [7, 11) is 0. The number of nitrogens with two attached hydrogens (primary N) is 1. The molecule has 1 atom stereocenters. The third-order valence-electron chi connectivity index (χ3n) is 3.67. The first-order valence-electron chi connectivity index (χ1n) is 7.82. The first-order valence-corrected chi connectivity index (χ1v) is 8.80. The quantitative estimate of drug-likeness (QED) is 0.630. The SMILES string of the molecule is NC(Cc1cccc(CSc2ncc(-c3ccccc3)o2)c1)C(=O)O. The number of carboxylic acid groups (broad SMARTS) is 1. The standard InChI is InChI=1S/C19H18N2O3S/c20-16(18(22)23)10-13-5-4-6-14(9-13)12-25-19-21-11-17(24-19)15-7-2-1-3-8-15/h1-9,11,16H,10,12,20H2,(H,22,23). The van der Waals surface area contributed by atoms with Crippen LogP contribution in [0.15, 0.2) is 70.4 Å². The highest BCUT2D eigenvalue weighted by atomic mass is 32.2. The number of hydrogen-bond acceptors (Lipinski definition) is 5. The third-order valence-corrected chi connectivity index (χ3v) is 4.58. The molecule has 0 radical (unpaired) electrons. The summed E-state index contributed by atoms with van der Waals surface area (Å²) in [5.74, 6) is 0.433. The minimum Gasteiger partial charge on any atom is -0.480 e. The van der Waals surface area contributed by atoms with E-state index in [1.165, 1.54) is 11.8 Å². The molecular formula is C19H18N2O3S. The summed E-state index contributed by atoms with van der Waals surface area (Å²) >= 11 is 1.50. The second-order valence-electron chi connectivity index (χ2n) is 5.61. The van der Waals surface area contributed by atoms with Crippen LogP contribution in [0.25, 0.3) is 11.3 Å². The Balaban J connectivity index is 1.62. The molecule has 128 valence electrons. The first-order chi connectivity index (χ1) is 12.1. The van der Waals surface area contributed by atoms with Crippen LogP contribution in [0.2, 0.25) is 0 Å². The van der Waals surface area contributed by atoms with Gasteiger partial charge in [0, 0.05) is 11.3 Å². The van der Waals surface area contributed by atoms with E-state index in [0.717, 1.165) is 22.5 Å². The van der Waals surface area contributed by atoms with Crippen LogP contribution in [-0.4, -0.2) is 22.1 Å². The van der Waals surface area contributed by atoms with Gasteiger partial charge in [-0.1, -0.05) is 66.4 Å². The zero-order valence-electron chi connectivity index (χ0n) is 13.5. The Bertz CT molecular complexity index is 849. The minimum absolute atomic E-state index is 0.311. The lowest BCUT2D eigenvalue weighted by atomic mass is 10.0. The van der Waals surface area contributed by atoms with Crippen molar-refractivity contribution >= 4 is 17.7 Å². The van der Waals surface area contributed by atoms with Crippen molar-refractivity contribution in [3.05, 3.63) is 71.9 Å². The van der Waals surface area contributed by atoms with Crippen molar-refractivity contribution in [2.24, 2.45) is 5.73 Å². The summed E-state index contributed by atoms with van der Waals surface area (Å²) in [4.78, 5) is 15.2. The summed E-state index contributed by atoms with van der Waals surface area (Å²) in [6.07, 6.45) is 2.03. The molecular weight excluding hydrogens is 336 g/mol. The predicted octanol–water partition coefficient (Wildman–Crippen LogP) is 3.59. The second kappa shape index (κ2) is 8.00. The van der Waals surface area contributed by atoms with Crippen LogP contribution in [0.4, 0.5) is 0 Å². The number of aromatic nitrogens is 1. The summed E-state index contributed by atoms with van der Waals surface area (Å²) in [5, 5.41) is 9.51. The first kappa shape index (κ1) is 17.3. The molecule has 0 saturated heterocycles. The second-order valence-corrected chi connectivity index (χ2v) is 6.54. The molecule has 0 aliphatic carbocycles. The van der Waals surface area contributed by atoms with Gasteiger partial charge in [-0.3, -0.25) is 4.79 Å². The van der Waals surface area contributed by atoms with Crippen LogP contribution in [-0.2, 0) is 17.0 Å². The van der Waals surface area contributed by atoms with E-state index in [1.807, 2.05) is 54.6 Å². The lowest BCUT2D eigenvalue weighted by molar-refractivity contribution is -0.138. The van der Waals surface area contributed by atoms with Crippen LogP contribution in [0, 0.1) is 0 Å². The molecule has 3 rings (SSSR count). The molecule has 3 aromatic rings. The maximum absolute atomic E-state index is 10.9. The van der Waals surface area contributed by atoms with E-state index in [-0.39, 0.29) is 0 Å². The van der Waals surface area contributed by atoms with Crippen molar-refractivity contribution < 1.29 is 14.3 Å². The number of hydrogen-bond donors (Lipinski definition) is 2. The maximum atomic E-state index is 10.9. The number of benzene rings is 2. The predicted molar refractivity (Wildman–Crippen MR) is 97.3 cm³/mol.